The number of amides is 2. The van der Waals surface area contributed by atoms with Crippen LogP contribution in [0.1, 0.15) is 26.3 Å². The number of halogens is 5. The molecule has 0 aliphatic rings. The molecule has 0 unspecified atom stereocenters. The van der Waals surface area contributed by atoms with Crippen LogP contribution in [0.5, 0.6) is 0 Å². The van der Waals surface area contributed by atoms with Crippen LogP contribution >= 0.6 is 69.8 Å². The summed E-state index contributed by atoms with van der Waals surface area (Å²) in [6, 6.07) is 11.8. The number of nitrogens with one attached hydrogen (secondary N) is 2. The van der Waals surface area contributed by atoms with Gasteiger partial charge in [-0.05, 0) is 48.9 Å². The number of hydrogen-bond acceptors (Lipinski definition) is 4. The molecule has 0 radical (unpaired) electrons. The molecular weight excluding hydrogens is 578 g/mol. The third-order valence-electron chi connectivity index (χ3n) is 4.65. The molecule has 0 bridgehead atoms. The Morgan fingerprint density at radius 1 is 0.800 bits per heavy atom. The van der Waals surface area contributed by atoms with E-state index < -0.39 is 28.0 Å². The zero-order valence-corrected chi connectivity index (χ0v) is 22.3. The molecule has 0 heterocycles. The van der Waals surface area contributed by atoms with Gasteiger partial charge in [0.2, 0.25) is 5.91 Å². The van der Waals surface area contributed by atoms with Crippen LogP contribution < -0.4 is 10.6 Å². The first-order valence-corrected chi connectivity index (χ1v) is 12.6. The molecule has 0 saturated heterocycles. The molecule has 35 heavy (non-hydrogen) atoms. The van der Waals surface area contributed by atoms with Crippen molar-refractivity contribution in [1.82, 2.24) is 0 Å². The first-order valence-electron chi connectivity index (χ1n) is 9.69. The van der Waals surface area contributed by atoms with E-state index in [1.807, 2.05) is 13.0 Å². The standard InChI is InChI=1S/C23H15Cl5N2O4S/c1-10-2-3-12(8-14(10)24)29-15(31)9-35-13-6-4-11(5-7-13)30-22(32)16-17(23(33)34)19(26)21(28)20(27)18(16)25/h2-8H,9H2,1H3,(H,29,31)(H,30,32)(H,33,34). The summed E-state index contributed by atoms with van der Waals surface area (Å²) >= 11 is 31.4. The van der Waals surface area contributed by atoms with Crippen LogP contribution in [0.15, 0.2) is 47.4 Å². The molecule has 0 atom stereocenters. The number of carbonyl (C=O) groups excluding carboxylic acids is 2. The van der Waals surface area contributed by atoms with E-state index in [0.717, 1.165) is 10.5 Å². The highest BCUT2D eigenvalue weighted by atomic mass is 35.5. The van der Waals surface area contributed by atoms with Crippen LogP contribution in [0.3, 0.4) is 0 Å². The number of anilines is 2. The van der Waals surface area contributed by atoms with Crippen molar-refractivity contribution in [3.05, 3.63) is 84.3 Å². The molecule has 0 aliphatic carbocycles. The topological polar surface area (TPSA) is 95.5 Å². The van der Waals surface area contributed by atoms with Crippen molar-refractivity contribution in [2.24, 2.45) is 0 Å². The molecular formula is C23H15Cl5N2O4S. The smallest absolute Gasteiger partial charge is 0.338 e. The molecule has 3 aromatic carbocycles. The number of carboxylic acids is 1. The van der Waals surface area contributed by atoms with Gasteiger partial charge in [-0.15, -0.1) is 11.8 Å². The van der Waals surface area contributed by atoms with E-state index in [2.05, 4.69) is 10.6 Å². The van der Waals surface area contributed by atoms with Crippen molar-refractivity contribution in [3.63, 3.8) is 0 Å². The van der Waals surface area contributed by atoms with Crippen molar-refractivity contribution >= 4 is 98.9 Å². The maximum atomic E-state index is 12.8. The van der Waals surface area contributed by atoms with E-state index in [0.29, 0.717) is 16.4 Å². The molecule has 0 spiro atoms. The fourth-order valence-electron chi connectivity index (χ4n) is 2.89. The molecule has 0 aliphatic heterocycles. The summed E-state index contributed by atoms with van der Waals surface area (Å²) in [7, 11) is 0. The first-order chi connectivity index (χ1) is 16.5. The lowest BCUT2D eigenvalue weighted by molar-refractivity contribution is -0.113. The number of benzene rings is 3. The van der Waals surface area contributed by atoms with Gasteiger partial charge < -0.3 is 15.7 Å². The van der Waals surface area contributed by atoms with Gasteiger partial charge in [-0.25, -0.2) is 4.79 Å². The van der Waals surface area contributed by atoms with Crippen LogP contribution in [-0.2, 0) is 4.79 Å². The summed E-state index contributed by atoms with van der Waals surface area (Å²) in [4.78, 5) is 37.5. The number of aryl methyl sites for hydroxylation is 1. The van der Waals surface area contributed by atoms with E-state index in [1.54, 1.807) is 36.4 Å². The molecule has 182 valence electrons. The Kier molecular flexibility index (Phi) is 9.21. The molecule has 0 saturated carbocycles. The van der Waals surface area contributed by atoms with Gasteiger partial charge in [0, 0.05) is 21.3 Å². The van der Waals surface area contributed by atoms with Gasteiger partial charge in [0.1, 0.15) is 0 Å². The van der Waals surface area contributed by atoms with Crippen molar-refractivity contribution < 1.29 is 19.5 Å². The summed E-state index contributed by atoms with van der Waals surface area (Å²) < 4.78 is 0. The van der Waals surface area contributed by atoms with Crippen molar-refractivity contribution in [2.45, 2.75) is 11.8 Å². The highest BCUT2D eigenvalue weighted by molar-refractivity contribution is 8.00. The van der Waals surface area contributed by atoms with E-state index in [4.69, 9.17) is 58.0 Å². The normalized spacial score (nSPS) is 10.7. The minimum atomic E-state index is -1.49. The second-order valence-electron chi connectivity index (χ2n) is 7.09. The third-order valence-corrected chi connectivity index (χ3v) is 7.87. The van der Waals surface area contributed by atoms with Gasteiger partial charge in [-0.3, -0.25) is 9.59 Å². The lowest BCUT2D eigenvalue weighted by Gasteiger charge is -2.14. The molecule has 0 aromatic heterocycles. The Hall–Kier alpha value is -2.13. The summed E-state index contributed by atoms with van der Waals surface area (Å²) in [6.07, 6.45) is 0. The molecule has 12 heteroatoms. The number of rotatable bonds is 7. The number of hydrogen-bond donors (Lipinski definition) is 3. The second kappa shape index (κ2) is 11.7. The Balaban J connectivity index is 1.67. The second-order valence-corrected chi connectivity index (χ2v) is 10.1. The van der Waals surface area contributed by atoms with Gasteiger partial charge in [-0.2, -0.15) is 0 Å². The fourth-order valence-corrected chi connectivity index (χ4v) is 4.79. The predicted octanol–water partition coefficient (Wildman–Crippen LogP) is 7.94. The van der Waals surface area contributed by atoms with Crippen molar-refractivity contribution in [2.75, 3.05) is 16.4 Å². The number of aromatic carboxylic acids is 1. The van der Waals surface area contributed by atoms with Crippen molar-refractivity contribution in [3.8, 4) is 0 Å². The number of carboxylic acid groups (broad SMARTS) is 1. The van der Waals surface area contributed by atoms with Crippen LogP contribution in [0.4, 0.5) is 11.4 Å². The average Bonchev–Trinajstić information content (AvgIpc) is 2.81. The summed E-state index contributed by atoms with van der Waals surface area (Å²) in [5, 5.41) is 14.2. The summed E-state index contributed by atoms with van der Waals surface area (Å²) in [5.41, 5.74) is 0.898. The average molecular weight is 593 g/mol. The van der Waals surface area contributed by atoms with Gasteiger partial charge >= 0.3 is 5.97 Å². The monoisotopic (exact) mass is 590 g/mol. The lowest BCUT2D eigenvalue weighted by atomic mass is 10.1. The Labute approximate surface area is 229 Å². The van der Waals surface area contributed by atoms with E-state index >= 15 is 0 Å². The third kappa shape index (κ3) is 6.55. The number of thioether (sulfide) groups is 1. The largest absolute Gasteiger partial charge is 0.478 e. The number of carbonyl (C=O) groups is 3. The van der Waals surface area contributed by atoms with Gasteiger partial charge in [-0.1, -0.05) is 64.1 Å². The zero-order chi connectivity index (χ0) is 25.9. The highest BCUT2D eigenvalue weighted by Crippen LogP contribution is 2.41. The molecule has 2 amide bonds. The first kappa shape index (κ1) is 27.5. The van der Waals surface area contributed by atoms with Crippen LogP contribution in [0, 0.1) is 6.92 Å². The van der Waals surface area contributed by atoms with Crippen molar-refractivity contribution in [1.29, 1.82) is 0 Å². The molecule has 6 nitrogen and oxygen atoms in total. The molecule has 3 rings (SSSR count). The maximum Gasteiger partial charge on any atom is 0.338 e. The van der Waals surface area contributed by atoms with E-state index in [-0.39, 0.29) is 26.7 Å². The maximum absolute atomic E-state index is 12.8. The van der Waals surface area contributed by atoms with Crippen LogP contribution in [-0.4, -0.2) is 28.6 Å². The van der Waals surface area contributed by atoms with E-state index in [9.17, 15) is 19.5 Å². The van der Waals surface area contributed by atoms with Gasteiger partial charge in [0.05, 0.1) is 37.0 Å². The van der Waals surface area contributed by atoms with Gasteiger partial charge in [0.25, 0.3) is 5.91 Å². The lowest BCUT2D eigenvalue weighted by Crippen LogP contribution is -2.18. The summed E-state index contributed by atoms with van der Waals surface area (Å²) in [5.74, 6) is -2.38. The van der Waals surface area contributed by atoms with Crippen LogP contribution in [0.2, 0.25) is 25.1 Å². The van der Waals surface area contributed by atoms with E-state index in [1.165, 1.54) is 11.8 Å². The van der Waals surface area contributed by atoms with Crippen LogP contribution in [0.25, 0.3) is 0 Å². The summed E-state index contributed by atoms with van der Waals surface area (Å²) in [6.45, 7) is 1.87. The Morgan fingerprint density at radius 3 is 1.94 bits per heavy atom. The minimum absolute atomic E-state index is 0.149. The highest BCUT2D eigenvalue weighted by Gasteiger charge is 2.28. The predicted molar refractivity (Wildman–Crippen MR) is 143 cm³/mol. The minimum Gasteiger partial charge on any atom is -0.478 e. The molecule has 3 N–H and O–H groups in total. The SMILES string of the molecule is Cc1ccc(NC(=O)CSc2ccc(NC(=O)c3c(Cl)c(Cl)c(Cl)c(Cl)c3C(=O)O)cc2)cc1Cl. The van der Waals surface area contributed by atoms with Gasteiger partial charge in [0.15, 0.2) is 0 Å². The Morgan fingerprint density at radius 2 is 1.37 bits per heavy atom. The zero-order valence-electron chi connectivity index (χ0n) is 17.7. The molecule has 3 aromatic rings. The quantitative estimate of drug-likeness (QED) is 0.147. The Bertz CT molecular complexity index is 1330. The fraction of sp³-hybridized carbons (Fsp3) is 0.0870. The molecule has 0 fully saturated rings.